The van der Waals surface area contributed by atoms with Crippen molar-refractivity contribution >= 4 is 35.2 Å². The Morgan fingerprint density at radius 3 is 2.68 bits per heavy atom. The highest BCUT2D eigenvalue weighted by Crippen LogP contribution is 2.25. The van der Waals surface area contributed by atoms with E-state index >= 15 is 0 Å². The first-order chi connectivity index (χ1) is 12.0. The van der Waals surface area contributed by atoms with E-state index in [0.29, 0.717) is 31.1 Å². The van der Waals surface area contributed by atoms with Crippen molar-refractivity contribution in [1.29, 1.82) is 0 Å². The number of anilines is 1. The molecule has 0 radical (unpaired) electrons. The molecule has 1 aromatic carbocycles. The molecule has 25 heavy (non-hydrogen) atoms. The summed E-state index contributed by atoms with van der Waals surface area (Å²) < 4.78 is 4.78. The summed E-state index contributed by atoms with van der Waals surface area (Å²) in [5.41, 5.74) is 0.802. The Bertz CT molecular complexity index is 621. The number of ether oxygens (including phenoxy) is 1. The molecule has 1 atom stereocenters. The molecule has 0 aromatic heterocycles. The third kappa shape index (κ3) is 5.94. The normalized spacial score (nSPS) is 16.6. The summed E-state index contributed by atoms with van der Waals surface area (Å²) in [6.07, 6.45) is 0.513. The minimum Gasteiger partial charge on any atom is -0.466 e. The Balaban J connectivity index is 1.71. The van der Waals surface area contributed by atoms with Crippen LogP contribution in [0.5, 0.6) is 0 Å². The number of benzene rings is 1. The first-order valence-corrected chi connectivity index (χ1v) is 8.60. The van der Waals surface area contributed by atoms with E-state index in [2.05, 4.69) is 10.6 Å². The number of amides is 3. The summed E-state index contributed by atoms with van der Waals surface area (Å²) in [7, 11) is 0. The van der Waals surface area contributed by atoms with E-state index in [-0.39, 0.29) is 36.8 Å². The van der Waals surface area contributed by atoms with Gasteiger partial charge in [0.05, 0.1) is 13.0 Å². The van der Waals surface area contributed by atoms with Gasteiger partial charge in [-0.05, 0) is 31.2 Å². The third-order valence-corrected chi connectivity index (χ3v) is 4.07. The van der Waals surface area contributed by atoms with E-state index in [0.717, 1.165) is 5.69 Å². The molecule has 0 aliphatic carbocycles. The minimum atomic E-state index is -0.360. The fourth-order valence-electron chi connectivity index (χ4n) is 2.60. The van der Waals surface area contributed by atoms with Gasteiger partial charge in [0.1, 0.15) is 0 Å². The van der Waals surface area contributed by atoms with Crippen LogP contribution >= 0.6 is 11.6 Å². The number of nitrogens with one attached hydrogen (secondary N) is 2. The highest BCUT2D eigenvalue weighted by molar-refractivity contribution is 6.30. The first-order valence-electron chi connectivity index (χ1n) is 8.23. The van der Waals surface area contributed by atoms with Gasteiger partial charge in [-0.25, -0.2) is 4.79 Å². The van der Waals surface area contributed by atoms with Crippen LogP contribution in [-0.4, -0.2) is 44.1 Å². The van der Waals surface area contributed by atoms with Crippen molar-refractivity contribution < 1.29 is 19.1 Å². The number of halogens is 1. The van der Waals surface area contributed by atoms with Crippen molar-refractivity contribution in [3.63, 3.8) is 0 Å². The lowest BCUT2D eigenvalue weighted by Gasteiger charge is -2.17. The molecule has 8 heteroatoms. The molecule has 1 aliphatic rings. The molecule has 0 spiro atoms. The smallest absolute Gasteiger partial charge is 0.314 e. The number of nitrogens with zero attached hydrogens (tertiary/aromatic N) is 1. The van der Waals surface area contributed by atoms with Crippen LogP contribution < -0.4 is 15.5 Å². The van der Waals surface area contributed by atoms with E-state index in [1.54, 1.807) is 36.1 Å². The van der Waals surface area contributed by atoms with E-state index < -0.39 is 0 Å². The Labute approximate surface area is 151 Å². The molecule has 136 valence electrons. The van der Waals surface area contributed by atoms with Crippen LogP contribution in [-0.2, 0) is 14.3 Å². The Morgan fingerprint density at radius 2 is 2.00 bits per heavy atom. The van der Waals surface area contributed by atoms with E-state index in [1.807, 2.05) is 0 Å². The Hall–Kier alpha value is -2.28. The average Bonchev–Trinajstić information content (AvgIpc) is 2.95. The molecule has 3 amide bonds. The monoisotopic (exact) mass is 367 g/mol. The zero-order chi connectivity index (χ0) is 18.2. The highest BCUT2D eigenvalue weighted by Gasteiger charge is 2.30. The van der Waals surface area contributed by atoms with Gasteiger partial charge in [-0.3, -0.25) is 9.59 Å². The topological polar surface area (TPSA) is 87.7 Å². The fraction of sp³-hybridized carbons (Fsp3) is 0.471. The second kappa shape index (κ2) is 9.27. The van der Waals surface area contributed by atoms with Crippen molar-refractivity contribution in [3.05, 3.63) is 29.3 Å². The molecule has 2 rings (SSSR count). The minimum absolute atomic E-state index is 0.0249. The zero-order valence-corrected chi connectivity index (χ0v) is 14.8. The van der Waals surface area contributed by atoms with Crippen LogP contribution in [0.15, 0.2) is 24.3 Å². The highest BCUT2D eigenvalue weighted by atomic mass is 35.5. The maximum absolute atomic E-state index is 12.1. The van der Waals surface area contributed by atoms with Gasteiger partial charge in [0.25, 0.3) is 0 Å². The van der Waals surface area contributed by atoms with Crippen LogP contribution in [0.3, 0.4) is 0 Å². The summed E-state index contributed by atoms with van der Waals surface area (Å²) in [5.74, 6) is -0.279. The van der Waals surface area contributed by atoms with Crippen molar-refractivity contribution in [2.24, 2.45) is 5.92 Å². The summed E-state index contributed by atoms with van der Waals surface area (Å²) >= 11 is 5.86. The van der Waals surface area contributed by atoms with Crippen LogP contribution in [0.25, 0.3) is 0 Å². The van der Waals surface area contributed by atoms with Gasteiger partial charge in [-0.1, -0.05) is 11.6 Å². The number of hydrogen-bond donors (Lipinski definition) is 2. The van der Waals surface area contributed by atoms with Crippen LogP contribution in [0, 0.1) is 5.92 Å². The van der Waals surface area contributed by atoms with E-state index in [4.69, 9.17) is 16.3 Å². The Kier molecular flexibility index (Phi) is 7.06. The summed E-state index contributed by atoms with van der Waals surface area (Å²) in [6.45, 7) is 3.20. The zero-order valence-electron chi connectivity index (χ0n) is 14.1. The average molecular weight is 368 g/mol. The first kappa shape index (κ1) is 19.1. The predicted octanol–water partition coefficient (Wildman–Crippen LogP) is 1.95. The molecule has 0 unspecified atom stereocenters. The maximum Gasteiger partial charge on any atom is 0.314 e. The molecule has 7 nitrogen and oxygen atoms in total. The van der Waals surface area contributed by atoms with E-state index in [1.165, 1.54) is 0 Å². The van der Waals surface area contributed by atoms with Gasteiger partial charge in [0.15, 0.2) is 0 Å². The molecular weight excluding hydrogens is 346 g/mol. The lowest BCUT2D eigenvalue weighted by Crippen LogP contribution is -2.39. The third-order valence-electron chi connectivity index (χ3n) is 3.81. The van der Waals surface area contributed by atoms with Gasteiger partial charge in [0, 0.05) is 42.7 Å². The number of hydrogen-bond acceptors (Lipinski definition) is 4. The lowest BCUT2D eigenvalue weighted by molar-refractivity contribution is -0.142. The lowest BCUT2D eigenvalue weighted by atomic mass is 10.1. The van der Waals surface area contributed by atoms with E-state index in [9.17, 15) is 14.4 Å². The van der Waals surface area contributed by atoms with Gasteiger partial charge in [-0.15, -0.1) is 0 Å². The number of urea groups is 1. The summed E-state index contributed by atoms with van der Waals surface area (Å²) in [6, 6.07) is 6.73. The molecule has 1 saturated heterocycles. The number of esters is 1. The van der Waals surface area contributed by atoms with Crippen molar-refractivity contribution in [2.75, 3.05) is 31.1 Å². The van der Waals surface area contributed by atoms with Gasteiger partial charge in [-0.2, -0.15) is 0 Å². The number of carbonyl (C=O) groups excluding carboxylic acids is 3. The summed E-state index contributed by atoms with van der Waals surface area (Å²) in [4.78, 5) is 36.7. The second-order valence-electron chi connectivity index (χ2n) is 5.74. The predicted molar refractivity (Wildman–Crippen MR) is 94.6 cm³/mol. The van der Waals surface area contributed by atoms with Crippen molar-refractivity contribution in [3.8, 4) is 0 Å². The summed E-state index contributed by atoms with van der Waals surface area (Å²) in [5, 5.41) is 5.94. The fourth-order valence-corrected chi connectivity index (χ4v) is 2.73. The Morgan fingerprint density at radius 1 is 1.28 bits per heavy atom. The maximum atomic E-state index is 12.1. The van der Waals surface area contributed by atoms with Crippen LogP contribution in [0.4, 0.5) is 10.5 Å². The molecule has 1 aromatic rings. The number of rotatable bonds is 7. The number of carbonyl (C=O) groups is 3. The molecule has 1 fully saturated rings. The molecule has 0 saturated carbocycles. The molecule has 2 N–H and O–H groups in total. The van der Waals surface area contributed by atoms with Crippen LogP contribution in [0.1, 0.15) is 19.8 Å². The molecular formula is C17H22ClN3O4. The second-order valence-corrected chi connectivity index (χ2v) is 6.18. The quantitative estimate of drug-likeness (QED) is 0.721. The van der Waals surface area contributed by atoms with Gasteiger partial charge >= 0.3 is 12.0 Å². The van der Waals surface area contributed by atoms with Crippen molar-refractivity contribution in [2.45, 2.75) is 19.8 Å². The SMILES string of the molecule is CCOC(=O)CCNC(=O)NC[C@H]1CC(=O)N(c2ccc(Cl)cc2)C1. The molecule has 1 aliphatic heterocycles. The molecule has 0 bridgehead atoms. The largest absolute Gasteiger partial charge is 0.466 e. The van der Waals surface area contributed by atoms with Gasteiger partial charge < -0.3 is 20.3 Å². The van der Waals surface area contributed by atoms with Crippen LogP contribution in [0.2, 0.25) is 5.02 Å². The molecule has 1 heterocycles. The standard InChI is InChI=1S/C17H22ClN3O4/c1-2-25-16(23)7-8-19-17(24)20-10-12-9-15(22)21(11-12)14-5-3-13(18)4-6-14/h3-6,12H,2,7-11H2,1H3,(H2,19,20,24)/t12-/m1/s1. The van der Waals surface area contributed by atoms with Crippen molar-refractivity contribution in [1.82, 2.24) is 10.6 Å². The van der Waals surface area contributed by atoms with Gasteiger partial charge in [0.2, 0.25) is 5.91 Å².